The van der Waals surface area contributed by atoms with Gasteiger partial charge in [0.15, 0.2) is 0 Å². The highest BCUT2D eigenvalue weighted by atomic mass is 32.1. The number of carbonyl (C=O) groups is 1. The zero-order chi connectivity index (χ0) is 11.8. The van der Waals surface area contributed by atoms with Crippen molar-refractivity contribution in [1.29, 1.82) is 0 Å². The highest BCUT2D eigenvalue weighted by Crippen LogP contribution is 2.39. The highest BCUT2D eigenvalue weighted by molar-refractivity contribution is 7.08. The Balaban J connectivity index is 2.09. The maximum Gasteiger partial charge on any atom is 0.252 e. The van der Waals surface area contributed by atoms with E-state index >= 15 is 0 Å². The average molecular weight is 239 g/mol. The molecule has 1 amide bonds. The van der Waals surface area contributed by atoms with E-state index in [9.17, 15) is 9.90 Å². The summed E-state index contributed by atoms with van der Waals surface area (Å²) >= 11 is 1.53. The van der Waals surface area contributed by atoms with E-state index in [-0.39, 0.29) is 12.5 Å². The molecular weight excluding hydrogens is 222 g/mol. The van der Waals surface area contributed by atoms with E-state index in [0.717, 1.165) is 24.0 Å². The third-order valence-corrected chi connectivity index (χ3v) is 4.17. The maximum absolute atomic E-state index is 12.0. The molecule has 3 nitrogen and oxygen atoms in total. The van der Waals surface area contributed by atoms with E-state index < -0.39 is 5.54 Å². The van der Waals surface area contributed by atoms with E-state index in [1.165, 1.54) is 11.3 Å². The molecule has 2 N–H and O–H groups in total. The van der Waals surface area contributed by atoms with Crippen molar-refractivity contribution >= 4 is 17.2 Å². The van der Waals surface area contributed by atoms with Gasteiger partial charge in [-0.25, -0.2) is 0 Å². The minimum absolute atomic E-state index is 0.00654. The van der Waals surface area contributed by atoms with Gasteiger partial charge in [-0.1, -0.05) is 0 Å². The van der Waals surface area contributed by atoms with Gasteiger partial charge in [-0.15, -0.1) is 0 Å². The zero-order valence-electron chi connectivity index (χ0n) is 9.62. The summed E-state index contributed by atoms with van der Waals surface area (Å²) in [7, 11) is 0. The zero-order valence-corrected chi connectivity index (χ0v) is 10.4. The van der Waals surface area contributed by atoms with Crippen LogP contribution in [0.3, 0.4) is 0 Å². The molecule has 0 spiro atoms. The third kappa shape index (κ3) is 2.13. The third-order valence-electron chi connectivity index (χ3n) is 3.31. The Hall–Kier alpha value is -0.870. The van der Waals surface area contributed by atoms with Crippen molar-refractivity contribution in [2.24, 2.45) is 5.92 Å². The number of amides is 1. The molecule has 0 saturated heterocycles. The van der Waals surface area contributed by atoms with Crippen LogP contribution >= 0.6 is 11.3 Å². The van der Waals surface area contributed by atoms with Crippen LogP contribution < -0.4 is 5.32 Å². The number of hydrogen-bond acceptors (Lipinski definition) is 3. The van der Waals surface area contributed by atoms with Gasteiger partial charge in [0.05, 0.1) is 17.7 Å². The Morgan fingerprint density at radius 3 is 2.75 bits per heavy atom. The van der Waals surface area contributed by atoms with Gasteiger partial charge in [0.1, 0.15) is 0 Å². The lowest BCUT2D eigenvalue weighted by Gasteiger charge is -2.28. The van der Waals surface area contributed by atoms with Crippen molar-refractivity contribution < 1.29 is 9.90 Å². The second-order valence-electron chi connectivity index (χ2n) is 4.77. The summed E-state index contributed by atoms with van der Waals surface area (Å²) in [6.45, 7) is 3.86. The number of rotatable bonds is 4. The van der Waals surface area contributed by atoms with Crippen LogP contribution in [0, 0.1) is 12.8 Å². The minimum atomic E-state index is -0.453. The molecule has 1 heterocycles. The Morgan fingerprint density at radius 2 is 2.31 bits per heavy atom. The summed E-state index contributed by atoms with van der Waals surface area (Å²) in [5.41, 5.74) is 1.27. The molecular formula is C12H17NO2S. The van der Waals surface area contributed by atoms with E-state index in [4.69, 9.17) is 0 Å². The van der Waals surface area contributed by atoms with Crippen molar-refractivity contribution in [1.82, 2.24) is 5.32 Å². The molecule has 0 aromatic carbocycles. The van der Waals surface area contributed by atoms with Crippen LogP contribution in [0.15, 0.2) is 10.8 Å². The van der Waals surface area contributed by atoms with Crippen molar-refractivity contribution in [3.8, 4) is 0 Å². The number of nitrogens with one attached hydrogen (secondary N) is 1. The number of aryl methyl sites for hydroxylation is 1. The predicted molar refractivity (Wildman–Crippen MR) is 64.7 cm³/mol. The molecule has 0 aliphatic heterocycles. The lowest BCUT2D eigenvalue weighted by atomic mass is 9.96. The van der Waals surface area contributed by atoms with Crippen molar-refractivity contribution in [3.05, 3.63) is 21.9 Å². The van der Waals surface area contributed by atoms with Crippen molar-refractivity contribution in [2.45, 2.75) is 32.2 Å². The molecule has 16 heavy (non-hydrogen) atoms. The molecule has 0 unspecified atom stereocenters. The van der Waals surface area contributed by atoms with Gasteiger partial charge < -0.3 is 10.4 Å². The van der Waals surface area contributed by atoms with Gasteiger partial charge in [-0.05, 0) is 43.6 Å². The second kappa shape index (κ2) is 4.18. The largest absolute Gasteiger partial charge is 0.394 e. The van der Waals surface area contributed by atoms with Gasteiger partial charge in [0.2, 0.25) is 0 Å². The topological polar surface area (TPSA) is 49.3 Å². The molecule has 1 aliphatic rings. The summed E-state index contributed by atoms with van der Waals surface area (Å²) in [6, 6.07) is 0. The Bertz CT molecular complexity index is 397. The van der Waals surface area contributed by atoms with Gasteiger partial charge in [-0.3, -0.25) is 4.79 Å². The fourth-order valence-electron chi connectivity index (χ4n) is 1.91. The second-order valence-corrected chi connectivity index (χ2v) is 5.52. The molecule has 1 atom stereocenters. The first-order chi connectivity index (χ1) is 7.57. The molecule has 2 rings (SSSR count). The van der Waals surface area contributed by atoms with Gasteiger partial charge >= 0.3 is 0 Å². The molecule has 4 heteroatoms. The predicted octanol–water partition coefficient (Wildman–Crippen LogP) is 1.95. The average Bonchev–Trinajstić information content (AvgIpc) is 3.02. The van der Waals surface area contributed by atoms with Crippen LogP contribution in [-0.2, 0) is 0 Å². The normalized spacial score (nSPS) is 19.2. The molecule has 0 radical (unpaired) electrons. The van der Waals surface area contributed by atoms with Crippen LogP contribution in [-0.4, -0.2) is 23.2 Å². The molecule has 0 bridgehead atoms. The van der Waals surface area contributed by atoms with Gasteiger partial charge in [0.25, 0.3) is 5.91 Å². The molecule has 1 aliphatic carbocycles. The number of thiophene rings is 1. The Kier molecular flexibility index (Phi) is 3.04. The number of carbonyl (C=O) groups excluding carboxylic acids is 1. The standard InChI is InChI=1S/C12H17NO2S/c1-8-5-16-6-10(8)11(15)13-12(2,7-14)9-3-4-9/h5-6,9,14H,3-4,7H2,1-2H3,(H,13,15)/t12-/m0/s1. The molecule has 1 aromatic rings. The number of hydrogen-bond donors (Lipinski definition) is 2. The van der Waals surface area contributed by atoms with E-state index in [0.29, 0.717) is 5.92 Å². The van der Waals surface area contributed by atoms with E-state index in [1.807, 2.05) is 24.6 Å². The molecule has 1 aromatic heterocycles. The Morgan fingerprint density at radius 1 is 1.62 bits per heavy atom. The van der Waals surface area contributed by atoms with Crippen molar-refractivity contribution in [3.63, 3.8) is 0 Å². The van der Waals surface area contributed by atoms with Crippen LogP contribution in [0.2, 0.25) is 0 Å². The van der Waals surface area contributed by atoms with E-state index in [2.05, 4.69) is 5.32 Å². The quantitative estimate of drug-likeness (QED) is 0.843. The smallest absolute Gasteiger partial charge is 0.252 e. The first kappa shape index (κ1) is 11.6. The SMILES string of the molecule is Cc1cscc1C(=O)N[C@@](C)(CO)C1CC1. The van der Waals surface area contributed by atoms with E-state index in [1.54, 1.807) is 0 Å². The summed E-state index contributed by atoms with van der Waals surface area (Å²) in [5.74, 6) is 0.364. The Labute approximate surface area is 99.5 Å². The number of aliphatic hydroxyl groups excluding tert-OH is 1. The summed E-state index contributed by atoms with van der Waals surface area (Å²) in [4.78, 5) is 12.0. The first-order valence-electron chi connectivity index (χ1n) is 5.53. The lowest BCUT2D eigenvalue weighted by Crippen LogP contribution is -2.50. The molecule has 1 saturated carbocycles. The van der Waals surface area contributed by atoms with Crippen molar-refractivity contribution in [2.75, 3.05) is 6.61 Å². The van der Waals surface area contributed by atoms with Crippen LogP contribution in [0.4, 0.5) is 0 Å². The van der Waals surface area contributed by atoms with Crippen LogP contribution in [0.5, 0.6) is 0 Å². The van der Waals surface area contributed by atoms with Crippen LogP contribution in [0.25, 0.3) is 0 Å². The minimum Gasteiger partial charge on any atom is -0.394 e. The maximum atomic E-state index is 12.0. The summed E-state index contributed by atoms with van der Waals surface area (Å²) in [5, 5.41) is 16.2. The monoisotopic (exact) mass is 239 g/mol. The fraction of sp³-hybridized carbons (Fsp3) is 0.583. The van der Waals surface area contributed by atoms with Gasteiger partial charge in [-0.2, -0.15) is 11.3 Å². The first-order valence-corrected chi connectivity index (χ1v) is 6.47. The summed E-state index contributed by atoms with van der Waals surface area (Å²) < 4.78 is 0. The molecule has 1 fully saturated rings. The molecule has 88 valence electrons. The fourth-order valence-corrected chi connectivity index (χ4v) is 2.74. The lowest BCUT2D eigenvalue weighted by molar-refractivity contribution is 0.0824. The number of aliphatic hydroxyl groups is 1. The highest BCUT2D eigenvalue weighted by Gasteiger charge is 2.42. The van der Waals surface area contributed by atoms with Gasteiger partial charge in [0, 0.05) is 5.38 Å². The summed E-state index contributed by atoms with van der Waals surface area (Å²) in [6.07, 6.45) is 2.19. The van der Waals surface area contributed by atoms with Crippen LogP contribution in [0.1, 0.15) is 35.7 Å².